The molecule has 0 saturated carbocycles. The van der Waals surface area contributed by atoms with E-state index >= 15 is 0 Å². The summed E-state index contributed by atoms with van der Waals surface area (Å²) < 4.78 is 7.38. The molecule has 8 heteroatoms. The number of hydrogen-bond donors (Lipinski definition) is 2. The quantitative estimate of drug-likeness (QED) is 0.647. The first-order chi connectivity index (χ1) is 12.5. The Morgan fingerprint density at radius 3 is 2.85 bits per heavy atom. The van der Waals surface area contributed by atoms with Crippen LogP contribution in [0.3, 0.4) is 0 Å². The maximum Gasteiger partial charge on any atom is 0.252 e. The normalized spacial score (nSPS) is 10.7. The smallest absolute Gasteiger partial charge is 0.252 e. The first kappa shape index (κ1) is 17.8. The molecule has 1 aromatic heterocycles. The van der Waals surface area contributed by atoms with Crippen LogP contribution in [0.15, 0.2) is 42.7 Å². The lowest BCUT2D eigenvalue weighted by Gasteiger charge is -2.11. The standard InChI is InChI=1S/C18H17ClN4O3/c1-23-10-22-14-4-2-11(8-15(14)23)18(25)21-6-7-26-16-5-3-12(19)9-13(16)17(20)24/h2-5,8-10H,6-7H2,1H3,(H2,20,24)(H,21,25). The Hall–Kier alpha value is -3.06. The first-order valence-corrected chi connectivity index (χ1v) is 8.25. The Morgan fingerprint density at radius 1 is 1.27 bits per heavy atom. The minimum atomic E-state index is -0.629. The summed E-state index contributed by atoms with van der Waals surface area (Å²) in [5.74, 6) is -0.522. The fourth-order valence-corrected chi connectivity index (χ4v) is 2.69. The first-order valence-electron chi connectivity index (χ1n) is 7.87. The molecular weight excluding hydrogens is 356 g/mol. The van der Waals surface area contributed by atoms with Crippen LogP contribution in [0.1, 0.15) is 20.7 Å². The summed E-state index contributed by atoms with van der Waals surface area (Å²) in [7, 11) is 1.87. The van der Waals surface area contributed by atoms with E-state index in [4.69, 9.17) is 22.1 Å². The number of ether oxygens (including phenoxy) is 1. The molecule has 2 amide bonds. The zero-order valence-corrected chi connectivity index (χ0v) is 14.8. The molecule has 0 aliphatic heterocycles. The van der Waals surface area contributed by atoms with E-state index in [1.807, 2.05) is 11.6 Å². The zero-order chi connectivity index (χ0) is 18.7. The van der Waals surface area contributed by atoms with E-state index in [-0.39, 0.29) is 24.6 Å². The Balaban J connectivity index is 1.58. The van der Waals surface area contributed by atoms with E-state index in [9.17, 15) is 9.59 Å². The molecule has 7 nitrogen and oxygen atoms in total. The average Bonchev–Trinajstić information content (AvgIpc) is 3.00. The maximum atomic E-state index is 12.3. The van der Waals surface area contributed by atoms with Gasteiger partial charge in [-0.1, -0.05) is 11.6 Å². The number of aromatic nitrogens is 2. The van der Waals surface area contributed by atoms with Crippen molar-refractivity contribution < 1.29 is 14.3 Å². The summed E-state index contributed by atoms with van der Waals surface area (Å²) in [6, 6.07) is 9.92. The van der Waals surface area contributed by atoms with Crippen molar-refractivity contribution in [2.75, 3.05) is 13.2 Å². The van der Waals surface area contributed by atoms with Crippen molar-refractivity contribution in [2.24, 2.45) is 12.8 Å². The molecule has 26 heavy (non-hydrogen) atoms. The highest BCUT2D eigenvalue weighted by molar-refractivity contribution is 6.31. The van der Waals surface area contributed by atoms with Gasteiger partial charge < -0.3 is 20.4 Å². The van der Waals surface area contributed by atoms with E-state index in [0.717, 1.165) is 11.0 Å². The van der Waals surface area contributed by atoms with Crippen molar-refractivity contribution in [1.82, 2.24) is 14.9 Å². The lowest BCUT2D eigenvalue weighted by Crippen LogP contribution is -2.28. The highest BCUT2D eigenvalue weighted by Crippen LogP contribution is 2.22. The van der Waals surface area contributed by atoms with Crippen LogP contribution in [0.2, 0.25) is 5.02 Å². The van der Waals surface area contributed by atoms with Crippen LogP contribution in [0.4, 0.5) is 0 Å². The fraction of sp³-hybridized carbons (Fsp3) is 0.167. The molecule has 0 bridgehead atoms. The van der Waals surface area contributed by atoms with Crippen LogP contribution in [-0.2, 0) is 7.05 Å². The molecule has 3 N–H and O–H groups in total. The predicted octanol–water partition coefficient (Wildman–Crippen LogP) is 2.13. The molecule has 0 atom stereocenters. The predicted molar refractivity (Wildman–Crippen MR) is 98.5 cm³/mol. The number of halogens is 1. The summed E-state index contributed by atoms with van der Waals surface area (Å²) in [6.45, 7) is 0.449. The monoisotopic (exact) mass is 372 g/mol. The molecule has 0 aliphatic rings. The number of benzene rings is 2. The van der Waals surface area contributed by atoms with Gasteiger partial charge in [0.05, 0.1) is 29.5 Å². The molecule has 0 unspecified atom stereocenters. The van der Waals surface area contributed by atoms with Crippen LogP contribution >= 0.6 is 11.6 Å². The molecule has 1 heterocycles. The SMILES string of the molecule is Cn1cnc2ccc(C(=O)NCCOc3ccc(Cl)cc3C(N)=O)cc21. The molecule has 0 radical (unpaired) electrons. The number of carbonyl (C=O) groups excluding carboxylic acids is 2. The highest BCUT2D eigenvalue weighted by atomic mass is 35.5. The second-order valence-electron chi connectivity index (χ2n) is 5.67. The third kappa shape index (κ3) is 3.78. The molecule has 0 spiro atoms. The maximum absolute atomic E-state index is 12.3. The van der Waals surface area contributed by atoms with Crippen molar-refractivity contribution in [3.8, 4) is 5.75 Å². The van der Waals surface area contributed by atoms with Gasteiger partial charge in [0.15, 0.2) is 0 Å². The second kappa shape index (κ2) is 7.45. The summed E-state index contributed by atoms with van der Waals surface area (Å²) in [5, 5.41) is 3.16. The summed E-state index contributed by atoms with van der Waals surface area (Å²) >= 11 is 5.85. The van der Waals surface area contributed by atoms with Crippen molar-refractivity contribution in [3.63, 3.8) is 0 Å². The lowest BCUT2D eigenvalue weighted by atomic mass is 10.2. The summed E-state index contributed by atoms with van der Waals surface area (Å²) in [5.41, 5.74) is 7.74. The molecule has 0 fully saturated rings. The largest absolute Gasteiger partial charge is 0.491 e. The number of hydrogen-bond acceptors (Lipinski definition) is 4. The number of primary amides is 1. The zero-order valence-electron chi connectivity index (χ0n) is 14.0. The Bertz CT molecular complexity index is 984. The third-order valence-corrected chi connectivity index (χ3v) is 4.07. The van der Waals surface area contributed by atoms with E-state index in [2.05, 4.69) is 10.3 Å². The Kier molecular flexibility index (Phi) is 5.09. The van der Waals surface area contributed by atoms with Crippen LogP contribution in [0, 0.1) is 0 Å². The highest BCUT2D eigenvalue weighted by Gasteiger charge is 2.11. The molecule has 134 valence electrons. The van der Waals surface area contributed by atoms with Gasteiger partial charge in [0.1, 0.15) is 12.4 Å². The minimum absolute atomic E-state index is 0.182. The van der Waals surface area contributed by atoms with Crippen LogP contribution in [0.5, 0.6) is 5.75 Å². The number of rotatable bonds is 6. The van der Waals surface area contributed by atoms with Gasteiger partial charge in [0.25, 0.3) is 11.8 Å². The number of carbonyl (C=O) groups is 2. The second-order valence-corrected chi connectivity index (χ2v) is 6.10. The molecule has 0 aliphatic carbocycles. The van der Waals surface area contributed by atoms with Gasteiger partial charge in [-0.3, -0.25) is 9.59 Å². The van der Waals surface area contributed by atoms with Gasteiger partial charge >= 0.3 is 0 Å². The van der Waals surface area contributed by atoms with E-state index in [0.29, 0.717) is 16.3 Å². The topological polar surface area (TPSA) is 99.2 Å². The number of nitrogens with zero attached hydrogens (tertiary/aromatic N) is 2. The van der Waals surface area contributed by atoms with E-state index in [1.54, 1.807) is 36.7 Å². The number of fused-ring (bicyclic) bond motifs is 1. The minimum Gasteiger partial charge on any atom is -0.491 e. The molecule has 0 saturated heterocycles. The van der Waals surface area contributed by atoms with Crippen molar-refractivity contribution in [3.05, 3.63) is 58.9 Å². The fourth-order valence-electron chi connectivity index (χ4n) is 2.52. The van der Waals surface area contributed by atoms with Gasteiger partial charge in [-0.05, 0) is 36.4 Å². The Labute approximate surface area is 154 Å². The van der Waals surface area contributed by atoms with Gasteiger partial charge in [-0.15, -0.1) is 0 Å². The number of imidazole rings is 1. The molecule has 2 aromatic carbocycles. The van der Waals surface area contributed by atoms with Gasteiger partial charge in [-0.25, -0.2) is 4.98 Å². The van der Waals surface area contributed by atoms with Crippen molar-refractivity contribution in [2.45, 2.75) is 0 Å². The number of nitrogens with two attached hydrogens (primary N) is 1. The number of aryl methyl sites for hydroxylation is 1. The number of nitrogens with one attached hydrogen (secondary N) is 1. The van der Waals surface area contributed by atoms with Gasteiger partial charge in [0, 0.05) is 17.6 Å². The number of amides is 2. The van der Waals surface area contributed by atoms with Gasteiger partial charge in [-0.2, -0.15) is 0 Å². The van der Waals surface area contributed by atoms with Crippen molar-refractivity contribution >= 4 is 34.4 Å². The van der Waals surface area contributed by atoms with Crippen molar-refractivity contribution in [1.29, 1.82) is 0 Å². The van der Waals surface area contributed by atoms with Crippen LogP contribution in [0.25, 0.3) is 11.0 Å². The lowest BCUT2D eigenvalue weighted by molar-refractivity contribution is 0.0943. The van der Waals surface area contributed by atoms with Crippen LogP contribution in [-0.4, -0.2) is 34.5 Å². The molecule has 3 aromatic rings. The van der Waals surface area contributed by atoms with Gasteiger partial charge in [0.2, 0.25) is 0 Å². The third-order valence-electron chi connectivity index (χ3n) is 3.84. The molecular formula is C18H17ClN4O3. The summed E-state index contributed by atoms with van der Waals surface area (Å²) in [6.07, 6.45) is 1.70. The Morgan fingerprint density at radius 2 is 2.08 bits per heavy atom. The average molecular weight is 373 g/mol. The summed E-state index contributed by atoms with van der Waals surface area (Å²) in [4.78, 5) is 27.9. The van der Waals surface area contributed by atoms with E-state index in [1.165, 1.54) is 6.07 Å². The van der Waals surface area contributed by atoms with E-state index < -0.39 is 5.91 Å². The molecule has 3 rings (SSSR count). The van der Waals surface area contributed by atoms with Crippen LogP contribution < -0.4 is 15.8 Å².